The standard InChI is InChI=1S/C13H21N5O7S/c19-11(5-8-3-4-14-6-8)15-16-12(20)10-2-1-9-7-17(10)13(21)18(9)25-26(22,23)24/h8-10,14H,1-7H2,(H,15,19)(H,16,20)(H,22,23,24)/t8?,9?,10-/m0/s1. The summed E-state index contributed by atoms with van der Waals surface area (Å²) in [4.78, 5) is 37.5. The molecule has 3 fully saturated rings. The van der Waals surface area contributed by atoms with Crippen molar-refractivity contribution in [3.63, 3.8) is 0 Å². The Balaban J connectivity index is 1.52. The van der Waals surface area contributed by atoms with Crippen LogP contribution in [0.25, 0.3) is 0 Å². The van der Waals surface area contributed by atoms with Crippen molar-refractivity contribution < 1.29 is 31.6 Å². The summed E-state index contributed by atoms with van der Waals surface area (Å²) in [5.74, 6) is -0.651. The largest absolute Gasteiger partial charge is 0.418 e. The second-order valence-corrected chi connectivity index (χ2v) is 7.61. The number of nitrogens with zero attached hydrogens (tertiary/aromatic N) is 2. The first-order valence-electron chi connectivity index (χ1n) is 8.31. The van der Waals surface area contributed by atoms with Gasteiger partial charge in [0.05, 0.1) is 6.04 Å². The number of piperidine rings is 1. The van der Waals surface area contributed by atoms with Crippen molar-refractivity contribution in [1.29, 1.82) is 0 Å². The Hall–Kier alpha value is -1.96. The summed E-state index contributed by atoms with van der Waals surface area (Å²) in [6, 6.07) is -2.26. The zero-order chi connectivity index (χ0) is 18.9. The van der Waals surface area contributed by atoms with Gasteiger partial charge in [-0.3, -0.25) is 25.0 Å². The van der Waals surface area contributed by atoms with Crippen LogP contribution in [0, 0.1) is 5.92 Å². The molecule has 0 spiro atoms. The highest BCUT2D eigenvalue weighted by molar-refractivity contribution is 7.80. The highest BCUT2D eigenvalue weighted by Crippen LogP contribution is 2.30. The molecule has 2 bridgehead atoms. The molecule has 0 aromatic heterocycles. The van der Waals surface area contributed by atoms with Gasteiger partial charge in [0.25, 0.3) is 5.91 Å². The smallest absolute Gasteiger partial charge is 0.316 e. The maximum atomic E-state index is 12.3. The van der Waals surface area contributed by atoms with Crippen molar-refractivity contribution in [3.8, 4) is 0 Å². The monoisotopic (exact) mass is 391 g/mol. The minimum absolute atomic E-state index is 0.0914. The lowest BCUT2D eigenvalue weighted by atomic mass is 10.0. The first-order chi connectivity index (χ1) is 12.2. The zero-order valence-electron chi connectivity index (χ0n) is 13.9. The van der Waals surface area contributed by atoms with Crippen molar-refractivity contribution in [2.24, 2.45) is 5.92 Å². The number of carbonyl (C=O) groups excluding carboxylic acids is 3. The molecule has 4 amide bonds. The van der Waals surface area contributed by atoms with Gasteiger partial charge in [-0.25, -0.2) is 4.79 Å². The Bertz CT molecular complexity index is 693. The molecule has 26 heavy (non-hydrogen) atoms. The van der Waals surface area contributed by atoms with Gasteiger partial charge in [-0.05, 0) is 38.3 Å². The van der Waals surface area contributed by atoms with Gasteiger partial charge >= 0.3 is 16.4 Å². The molecule has 0 aromatic rings. The van der Waals surface area contributed by atoms with E-state index >= 15 is 0 Å². The van der Waals surface area contributed by atoms with E-state index in [1.807, 2.05) is 0 Å². The summed E-state index contributed by atoms with van der Waals surface area (Å²) >= 11 is 0. The van der Waals surface area contributed by atoms with E-state index in [1.165, 1.54) is 0 Å². The summed E-state index contributed by atoms with van der Waals surface area (Å²) < 4.78 is 34.7. The lowest BCUT2D eigenvalue weighted by molar-refractivity contribution is -0.132. The molecule has 0 aromatic carbocycles. The zero-order valence-corrected chi connectivity index (χ0v) is 14.7. The van der Waals surface area contributed by atoms with E-state index in [2.05, 4.69) is 20.5 Å². The van der Waals surface area contributed by atoms with Gasteiger partial charge in [0, 0.05) is 13.0 Å². The van der Waals surface area contributed by atoms with Crippen LogP contribution in [0.15, 0.2) is 0 Å². The molecule has 3 atom stereocenters. The molecule has 0 radical (unpaired) electrons. The molecule has 3 aliphatic rings. The van der Waals surface area contributed by atoms with Crippen LogP contribution < -0.4 is 16.2 Å². The number of hydrogen-bond acceptors (Lipinski definition) is 7. The molecule has 4 N–H and O–H groups in total. The summed E-state index contributed by atoms with van der Waals surface area (Å²) in [6.07, 6.45) is 1.78. The van der Waals surface area contributed by atoms with E-state index < -0.39 is 34.4 Å². The first-order valence-corrected chi connectivity index (χ1v) is 9.67. The van der Waals surface area contributed by atoms with Crippen molar-refractivity contribution in [2.45, 2.75) is 37.8 Å². The number of hydrazine groups is 1. The molecule has 12 nitrogen and oxygen atoms in total. The van der Waals surface area contributed by atoms with E-state index in [9.17, 15) is 22.8 Å². The van der Waals surface area contributed by atoms with Crippen LogP contribution in [0.2, 0.25) is 0 Å². The number of urea groups is 1. The highest BCUT2D eigenvalue weighted by atomic mass is 32.3. The molecule has 0 aliphatic carbocycles. The maximum absolute atomic E-state index is 12.3. The summed E-state index contributed by atoms with van der Waals surface area (Å²) in [5.41, 5.74) is 4.66. The number of rotatable bonds is 5. The summed E-state index contributed by atoms with van der Waals surface area (Å²) in [6.45, 7) is 1.72. The number of fused-ring (bicyclic) bond motifs is 2. The van der Waals surface area contributed by atoms with E-state index in [4.69, 9.17) is 4.55 Å². The summed E-state index contributed by atoms with van der Waals surface area (Å²) in [7, 11) is -4.83. The number of nitrogens with one attached hydrogen (secondary N) is 3. The van der Waals surface area contributed by atoms with Crippen LogP contribution in [-0.2, 0) is 24.3 Å². The Morgan fingerprint density at radius 1 is 1.27 bits per heavy atom. The van der Waals surface area contributed by atoms with Gasteiger partial charge in [0.2, 0.25) is 5.91 Å². The molecule has 2 unspecified atom stereocenters. The van der Waals surface area contributed by atoms with Crippen LogP contribution in [0.5, 0.6) is 0 Å². The van der Waals surface area contributed by atoms with E-state index in [-0.39, 0.29) is 24.8 Å². The third kappa shape index (κ3) is 4.23. The summed E-state index contributed by atoms with van der Waals surface area (Å²) in [5, 5.41) is 3.71. The Morgan fingerprint density at radius 3 is 2.69 bits per heavy atom. The highest BCUT2D eigenvalue weighted by Gasteiger charge is 2.49. The average molecular weight is 391 g/mol. The van der Waals surface area contributed by atoms with Gasteiger partial charge in [0.1, 0.15) is 6.04 Å². The fraction of sp³-hybridized carbons (Fsp3) is 0.769. The van der Waals surface area contributed by atoms with Crippen LogP contribution in [0.4, 0.5) is 4.79 Å². The average Bonchev–Trinajstić information content (AvgIpc) is 3.15. The lowest BCUT2D eigenvalue weighted by Gasteiger charge is -2.29. The van der Waals surface area contributed by atoms with Gasteiger partial charge in [-0.2, -0.15) is 13.5 Å². The SMILES string of the molecule is O=C(CC1CCNC1)NNC(=O)[C@@H]1CCC2CN1C(=O)N2OS(=O)(=O)O. The van der Waals surface area contributed by atoms with Crippen LogP contribution in [-0.4, -0.2) is 72.5 Å². The molecule has 146 valence electrons. The lowest BCUT2D eigenvalue weighted by Crippen LogP contribution is -2.54. The fourth-order valence-corrected chi connectivity index (χ4v) is 3.91. The molecule has 3 aliphatic heterocycles. The Labute approximate surface area is 150 Å². The topological polar surface area (TPSA) is 157 Å². The van der Waals surface area contributed by atoms with Crippen LogP contribution in [0.3, 0.4) is 0 Å². The Morgan fingerprint density at radius 2 is 2.04 bits per heavy atom. The van der Waals surface area contributed by atoms with Crippen molar-refractivity contribution >= 4 is 28.2 Å². The molecule has 13 heteroatoms. The maximum Gasteiger partial charge on any atom is 0.418 e. The molecular formula is C13H21N5O7S. The molecule has 3 heterocycles. The molecular weight excluding hydrogens is 370 g/mol. The minimum Gasteiger partial charge on any atom is -0.316 e. The molecule has 3 saturated heterocycles. The number of carbonyl (C=O) groups is 3. The van der Waals surface area contributed by atoms with Crippen molar-refractivity contribution in [3.05, 3.63) is 0 Å². The predicted molar refractivity (Wildman–Crippen MR) is 85.3 cm³/mol. The van der Waals surface area contributed by atoms with E-state index in [1.54, 1.807) is 0 Å². The van der Waals surface area contributed by atoms with Gasteiger partial charge in [0.15, 0.2) is 0 Å². The normalized spacial score (nSPS) is 28.3. The van der Waals surface area contributed by atoms with E-state index in [0.29, 0.717) is 17.9 Å². The molecule has 0 saturated carbocycles. The van der Waals surface area contributed by atoms with Gasteiger partial charge < -0.3 is 10.2 Å². The van der Waals surface area contributed by atoms with Gasteiger partial charge in [-0.1, -0.05) is 0 Å². The minimum atomic E-state index is -4.83. The first kappa shape index (κ1) is 18.8. The third-order valence-electron chi connectivity index (χ3n) is 4.76. The molecule has 3 rings (SSSR count). The van der Waals surface area contributed by atoms with Gasteiger partial charge in [-0.15, -0.1) is 4.28 Å². The predicted octanol–water partition coefficient (Wildman–Crippen LogP) is -1.86. The fourth-order valence-electron chi connectivity index (χ4n) is 3.52. The number of hydroxylamine groups is 2. The van der Waals surface area contributed by atoms with E-state index in [0.717, 1.165) is 24.4 Å². The second-order valence-electron chi connectivity index (χ2n) is 6.61. The third-order valence-corrected chi connectivity index (χ3v) is 5.11. The van der Waals surface area contributed by atoms with Crippen LogP contribution >= 0.6 is 0 Å². The number of amides is 4. The second kappa shape index (κ2) is 7.34. The number of hydrogen-bond donors (Lipinski definition) is 4. The quantitative estimate of drug-likeness (QED) is 0.314. The van der Waals surface area contributed by atoms with Crippen molar-refractivity contribution in [2.75, 3.05) is 19.6 Å². The van der Waals surface area contributed by atoms with Crippen molar-refractivity contribution in [1.82, 2.24) is 26.1 Å². The van der Waals surface area contributed by atoms with Crippen LogP contribution in [0.1, 0.15) is 25.7 Å². The Kier molecular flexibility index (Phi) is 5.32.